The van der Waals surface area contributed by atoms with E-state index in [-0.39, 0.29) is 23.8 Å². The van der Waals surface area contributed by atoms with Gasteiger partial charge in [-0.05, 0) is 32.1 Å². The summed E-state index contributed by atoms with van der Waals surface area (Å²) in [6.07, 6.45) is 5.59. The molecule has 2 unspecified atom stereocenters. The highest BCUT2D eigenvalue weighted by Crippen LogP contribution is 2.32. The Morgan fingerprint density at radius 3 is 2.85 bits per heavy atom. The third-order valence-electron chi connectivity index (χ3n) is 5.30. The zero-order valence-corrected chi connectivity index (χ0v) is 15.7. The fourth-order valence-electron chi connectivity index (χ4n) is 3.82. The first-order chi connectivity index (χ1) is 12.7. The van der Waals surface area contributed by atoms with Crippen LogP contribution in [0.15, 0.2) is 0 Å². The summed E-state index contributed by atoms with van der Waals surface area (Å²) in [6, 6.07) is 0. The quantitative estimate of drug-likeness (QED) is 0.827. The van der Waals surface area contributed by atoms with Crippen LogP contribution in [0.2, 0.25) is 0 Å². The van der Waals surface area contributed by atoms with Crippen molar-refractivity contribution in [2.24, 2.45) is 5.92 Å². The van der Waals surface area contributed by atoms with E-state index in [0.717, 1.165) is 56.9 Å². The minimum absolute atomic E-state index is 0.0362. The Balaban J connectivity index is 1.33. The molecule has 26 heavy (non-hydrogen) atoms. The van der Waals surface area contributed by atoms with Crippen molar-refractivity contribution in [2.75, 3.05) is 42.6 Å². The molecule has 0 aliphatic carbocycles. The first-order valence-corrected chi connectivity index (χ1v) is 10.3. The van der Waals surface area contributed by atoms with E-state index in [4.69, 9.17) is 4.74 Å². The second kappa shape index (κ2) is 7.87. The molecular formula is C17H25N5O3S. The van der Waals surface area contributed by atoms with Crippen LogP contribution in [0.5, 0.6) is 0 Å². The Bertz CT molecular complexity index is 661. The van der Waals surface area contributed by atoms with Gasteiger partial charge in [-0.15, -0.1) is 10.2 Å². The highest BCUT2D eigenvalue weighted by Gasteiger charge is 2.30. The van der Waals surface area contributed by atoms with Gasteiger partial charge in [-0.2, -0.15) is 0 Å². The summed E-state index contributed by atoms with van der Waals surface area (Å²) in [4.78, 5) is 28.2. The molecule has 3 aliphatic heterocycles. The molecule has 0 saturated carbocycles. The fourth-order valence-corrected chi connectivity index (χ4v) is 4.75. The van der Waals surface area contributed by atoms with Crippen LogP contribution < -0.4 is 15.1 Å². The summed E-state index contributed by atoms with van der Waals surface area (Å²) in [5, 5.41) is 13.0. The van der Waals surface area contributed by atoms with E-state index < -0.39 is 0 Å². The second-order valence-corrected chi connectivity index (χ2v) is 8.12. The van der Waals surface area contributed by atoms with Crippen LogP contribution in [0.1, 0.15) is 38.5 Å². The molecule has 1 aromatic rings. The van der Waals surface area contributed by atoms with Crippen LogP contribution in [0, 0.1) is 5.92 Å². The highest BCUT2D eigenvalue weighted by atomic mass is 32.1. The van der Waals surface area contributed by atoms with E-state index >= 15 is 0 Å². The Hall–Kier alpha value is -1.74. The topological polar surface area (TPSA) is 87.7 Å². The van der Waals surface area contributed by atoms with Crippen molar-refractivity contribution < 1.29 is 14.3 Å². The molecule has 142 valence electrons. The lowest BCUT2D eigenvalue weighted by Crippen LogP contribution is -2.44. The molecule has 0 spiro atoms. The summed E-state index contributed by atoms with van der Waals surface area (Å²) < 4.78 is 5.57. The fraction of sp³-hybridized carbons (Fsp3) is 0.765. The third-order valence-corrected chi connectivity index (χ3v) is 6.31. The van der Waals surface area contributed by atoms with E-state index in [9.17, 15) is 9.59 Å². The molecule has 0 aromatic carbocycles. The maximum atomic E-state index is 12.5. The molecule has 3 fully saturated rings. The molecule has 2 atom stereocenters. The third kappa shape index (κ3) is 3.83. The molecule has 0 bridgehead atoms. The molecular weight excluding hydrogens is 354 g/mol. The van der Waals surface area contributed by atoms with Crippen molar-refractivity contribution in [2.45, 2.75) is 44.6 Å². The van der Waals surface area contributed by atoms with Gasteiger partial charge in [-0.3, -0.25) is 14.5 Å². The van der Waals surface area contributed by atoms with Crippen LogP contribution in [0.4, 0.5) is 10.3 Å². The van der Waals surface area contributed by atoms with Gasteiger partial charge < -0.3 is 15.0 Å². The molecule has 8 nitrogen and oxygen atoms in total. The number of nitrogens with zero attached hydrogens (tertiary/aromatic N) is 4. The maximum absolute atomic E-state index is 12.5. The van der Waals surface area contributed by atoms with Crippen LogP contribution >= 0.6 is 11.3 Å². The molecule has 0 radical (unpaired) electrons. The molecule has 4 heterocycles. The Morgan fingerprint density at radius 1 is 1.19 bits per heavy atom. The molecule has 9 heteroatoms. The van der Waals surface area contributed by atoms with Gasteiger partial charge in [0.05, 0.1) is 12.0 Å². The zero-order chi connectivity index (χ0) is 17.9. The van der Waals surface area contributed by atoms with E-state index in [2.05, 4.69) is 20.4 Å². The zero-order valence-electron chi connectivity index (χ0n) is 14.9. The molecule has 3 saturated heterocycles. The number of amides is 2. The minimum atomic E-state index is -0.0362. The Labute approximate surface area is 156 Å². The molecule has 1 aromatic heterocycles. The number of carbonyl (C=O) groups is 2. The summed E-state index contributed by atoms with van der Waals surface area (Å²) in [5.41, 5.74) is 0. The van der Waals surface area contributed by atoms with Gasteiger partial charge in [0.2, 0.25) is 22.1 Å². The number of ether oxygens (including phenoxy) is 1. The van der Waals surface area contributed by atoms with Crippen LogP contribution in [0.3, 0.4) is 0 Å². The number of rotatable bonds is 5. The molecule has 3 aliphatic rings. The standard InChI is InChI=1S/C17H25N5O3S/c23-14-6-2-8-22(14)17-20-19-16(26-17)21-7-1-4-12(11-21)15(24)18-10-13-5-3-9-25-13/h12-13H,1-11H2,(H,18,24). The number of carbonyl (C=O) groups excluding carboxylic acids is 2. The lowest BCUT2D eigenvalue weighted by molar-refractivity contribution is -0.125. The van der Waals surface area contributed by atoms with Gasteiger partial charge in [-0.1, -0.05) is 11.3 Å². The van der Waals surface area contributed by atoms with E-state index in [1.54, 1.807) is 4.90 Å². The summed E-state index contributed by atoms with van der Waals surface area (Å²) >= 11 is 1.45. The lowest BCUT2D eigenvalue weighted by atomic mass is 9.97. The van der Waals surface area contributed by atoms with Crippen LogP contribution in [-0.2, 0) is 14.3 Å². The Morgan fingerprint density at radius 2 is 2.08 bits per heavy atom. The smallest absolute Gasteiger partial charge is 0.228 e. The van der Waals surface area contributed by atoms with Crippen molar-refractivity contribution in [1.82, 2.24) is 15.5 Å². The number of nitrogens with one attached hydrogen (secondary N) is 1. The lowest BCUT2D eigenvalue weighted by Gasteiger charge is -2.31. The largest absolute Gasteiger partial charge is 0.376 e. The summed E-state index contributed by atoms with van der Waals surface area (Å²) in [5.74, 6) is 0.188. The van der Waals surface area contributed by atoms with Crippen molar-refractivity contribution in [1.29, 1.82) is 0 Å². The summed E-state index contributed by atoms with van der Waals surface area (Å²) in [6.45, 7) is 3.66. The van der Waals surface area contributed by atoms with E-state index in [1.807, 2.05) is 0 Å². The van der Waals surface area contributed by atoms with Gasteiger partial charge in [0.25, 0.3) is 0 Å². The van der Waals surface area contributed by atoms with Gasteiger partial charge in [0, 0.05) is 39.2 Å². The first kappa shape index (κ1) is 17.7. The number of hydrogen-bond donors (Lipinski definition) is 1. The number of hydrogen-bond acceptors (Lipinski definition) is 7. The summed E-state index contributed by atoms with van der Waals surface area (Å²) in [7, 11) is 0. The van der Waals surface area contributed by atoms with Crippen molar-refractivity contribution in [3.8, 4) is 0 Å². The van der Waals surface area contributed by atoms with E-state index in [0.29, 0.717) is 24.6 Å². The second-order valence-electron chi connectivity index (χ2n) is 7.18. The maximum Gasteiger partial charge on any atom is 0.228 e. The van der Waals surface area contributed by atoms with Crippen LogP contribution in [0.25, 0.3) is 0 Å². The average Bonchev–Trinajstić information content (AvgIpc) is 3.41. The predicted octanol–water partition coefficient (Wildman–Crippen LogP) is 1.18. The van der Waals surface area contributed by atoms with Crippen molar-refractivity contribution in [3.63, 3.8) is 0 Å². The van der Waals surface area contributed by atoms with Crippen LogP contribution in [-0.4, -0.2) is 60.9 Å². The van der Waals surface area contributed by atoms with Crippen molar-refractivity contribution >= 4 is 33.4 Å². The average molecular weight is 379 g/mol. The number of aromatic nitrogens is 2. The van der Waals surface area contributed by atoms with Gasteiger partial charge in [0.1, 0.15) is 0 Å². The molecule has 1 N–H and O–H groups in total. The first-order valence-electron chi connectivity index (χ1n) is 9.49. The van der Waals surface area contributed by atoms with Gasteiger partial charge in [-0.25, -0.2) is 0 Å². The van der Waals surface area contributed by atoms with Crippen molar-refractivity contribution in [3.05, 3.63) is 0 Å². The van der Waals surface area contributed by atoms with Gasteiger partial charge in [0.15, 0.2) is 0 Å². The predicted molar refractivity (Wildman–Crippen MR) is 98.4 cm³/mol. The Kier molecular flexibility index (Phi) is 5.35. The van der Waals surface area contributed by atoms with E-state index in [1.165, 1.54) is 11.3 Å². The number of piperidine rings is 1. The monoisotopic (exact) mass is 379 g/mol. The molecule has 4 rings (SSSR count). The minimum Gasteiger partial charge on any atom is -0.376 e. The highest BCUT2D eigenvalue weighted by molar-refractivity contribution is 7.19. The van der Waals surface area contributed by atoms with Gasteiger partial charge >= 0.3 is 0 Å². The number of anilines is 2. The molecule has 2 amide bonds. The normalized spacial score (nSPS) is 26.5. The SMILES string of the molecule is O=C(NCC1CCCO1)C1CCCN(c2nnc(N3CCCC3=O)s2)C1.